The van der Waals surface area contributed by atoms with Crippen LogP contribution in [0, 0.1) is 5.92 Å². The average molecular weight is 442 g/mol. The van der Waals surface area contributed by atoms with Crippen molar-refractivity contribution in [2.24, 2.45) is 5.92 Å². The number of carbonyl (C=O) groups excluding carboxylic acids is 2. The third kappa shape index (κ3) is 7.11. The lowest BCUT2D eigenvalue weighted by atomic mass is 9.86. The van der Waals surface area contributed by atoms with Crippen molar-refractivity contribution in [2.45, 2.75) is 42.9 Å². The number of hydrogen-bond donors (Lipinski definition) is 1. The zero-order valence-electron chi connectivity index (χ0n) is 17.1. The first kappa shape index (κ1) is 22.3. The van der Waals surface area contributed by atoms with E-state index in [4.69, 9.17) is 4.74 Å². The number of thioether (sulfide) groups is 1. The molecule has 1 saturated carbocycles. The van der Waals surface area contributed by atoms with Gasteiger partial charge < -0.3 is 19.9 Å². The van der Waals surface area contributed by atoms with E-state index in [0.717, 1.165) is 35.7 Å². The minimum atomic E-state index is -0.0334. The molecule has 2 amide bonds. The van der Waals surface area contributed by atoms with Crippen molar-refractivity contribution in [3.63, 3.8) is 0 Å². The Morgan fingerprint density at radius 2 is 1.93 bits per heavy atom. The van der Waals surface area contributed by atoms with Crippen LogP contribution in [0.3, 0.4) is 0 Å². The van der Waals surface area contributed by atoms with Crippen LogP contribution < -0.4 is 10.2 Å². The van der Waals surface area contributed by atoms with Crippen LogP contribution in [-0.4, -0.2) is 79.1 Å². The van der Waals surface area contributed by atoms with Gasteiger partial charge in [0.1, 0.15) is 0 Å². The standard InChI is InChI=1S/C19H31N5O3S2/c1-27-12-7-20-16(25)14-28-19-22-21-18(29-19)24-10-8-23(9-11-24)17(26)13-15-5-3-2-4-6-15/h15H,2-14H2,1H3,(H,20,25). The topological polar surface area (TPSA) is 87.7 Å². The smallest absolute Gasteiger partial charge is 0.230 e. The molecule has 0 radical (unpaired) electrons. The van der Waals surface area contributed by atoms with Gasteiger partial charge in [0.2, 0.25) is 16.9 Å². The van der Waals surface area contributed by atoms with Crippen LogP contribution in [0.25, 0.3) is 0 Å². The molecule has 1 aromatic rings. The van der Waals surface area contributed by atoms with Gasteiger partial charge in [0.25, 0.3) is 0 Å². The fourth-order valence-corrected chi connectivity index (χ4v) is 5.50. The number of rotatable bonds is 9. The predicted molar refractivity (Wildman–Crippen MR) is 116 cm³/mol. The first-order valence-electron chi connectivity index (χ1n) is 10.4. The Labute approximate surface area is 180 Å². The summed E-state index contributed by atoms with van der Waals surface area (Å²) in [6, 6.07) is 0. The fraction of sp³-hybridized carbons (Fsp3) is 0.789. The Bertz CT molecular complexity index is 658. The van der Waals surface area contributed by atoms with E-state index in [9.17, 15) is 9.59 Å². The van der Waals surface area contributed by atoms with Gasteiger partial charge in [0.15, 0.2) is 4.34 Å². The number of piperazine rings is 1. The number of anilines is 1. The van der Waals surface area contributed by atoms with Crippen LogP contribution in [0.4, 0.5) is 5.13 Å². The molecule has 0 unspecified atom stereocenters. The lowest BCUT2D eigenvalue weighted by Gasteiger charge is -2.35. The molecule has 1 aliphatic heterocycles. The molecule has 0 atom stereocenters. The maximum Gasteiger partial charge on any atom is 0.230 e. The van der Waals surface area contributed by atoms with Gasteiger partial charge in [-0.05, 0) is 18.8 Å². The highest BCUT2D eigenvalue weighted by Crippen LogP contribution is 2.29. The lowest BCUT2D eigenvalue weighted by Crippen LogP contribution is -2.49. The van der Waals surface area contributed by atoms with Crippen LogP contribution in [-0.2, 0) is 14.3 Å². The first-order chi connectivity index (χ1) is 14.2. The Morgan fingerprint density at radius 1 is 1.17 bits per heavy atom. The molecule has 2 aliphatic rings. The molecule has 8 nitrogen and oxygen atoms in total. The number of aromatic nitrogens is 2. The van der Waals surface area contributed by atoms with Gasteiger partial charge in [0.05, 0.1) is 12.4 Å². The van der Waals surface area contributed by atoms with E-state index in [1.165, 1.54) is 55.2 Å². The second kappa shape index (κ2) is 11.7. The average Bonchev–Trinajstić information content (AvgIpc) is 3.22. The second-order valence-electron chi connectivity index (χ2n) is 7.56. The summed E-state index contributed by atoms with van der Waals surface area (Å²) >= 11 is 2.90. The van der Waals surface area contributed by atoms with Gasteiger partial charge in [-0.15, -0.1) is 10.2 Å². The second-order valence-corrected chi connectivity index (χ2v) is 9.74. The normalized spacial score (nSPS) is 18.1. The van der Waals surface area contributed by atoms with E-state index in [0.29, 0.717) is 37.2 Å². The molecule has 0 spiro atoms. The van der Waals surface area contributed by atoms with Crippen molar-refractivity contribution < 1.29 is 14.3 Å². The van der Waals surface area contributed by atoms with Crippen LogP contribution in [0.15, 0.2) is 4.34 Å². The summed E-state index contributed by atoms with van der Waals surface area (Å²) in [6.45, 7) is 4.08. The molecule has 2 heterocycles. The molecule has 3 rings (SSSR count). The van der Waals surface area contributed by atoms with E-state index in [2.05, 4.69) is 20.4 Å². The summed E-state index contributed by atoms with van der Waals surface area (Å²) in [5.74, 6) is 1.18. The molecule has 1 aromatic heterocycles. The maximum absolute atomic E-state index is 12.6. The summed E-state index contributed by atoms with van der Waals surface area (Å²) in [4.78, 5) is 28.5. The Kier molecular flexibility index (Phi) is 9.00. The van der Waals surface area contributed by atoms with Crippen molar-refractivity contribution >= 4 is 40.0 Å². The van der Waals surface area contributed by atoms with Crippen molar-refractivity contribution in [2.75, 3.05) is 57.1 Å². The number of nitrogens with one attached hydrogen (secondary N) is 1. The van der Waals surface area contributed by atoms with Crippen LogP contribution in [0.5, 0.6) is 0 Å². The number of hydrogen-bond acceptors (Lipinski definition) is 8. The highest BCUT2D eigenvalue weighted by molar-refractivity contribution is 8.01. The largest absolute Gasteiger partial charge is 0.383 e. The van der Waals surface area contributed by atoms with Gasteiger partial charge >= 0.3 is 0 Å². The predicted octanol–water partition coefficient (Wildman–Crippen LogP) is 2.01. The minimum absolute atomic E-state index is 0.0334. The lowest BCUT2D eigenvalue weighted by molar-refractivity contribution is -0.132. The summed E-state index contributed by atoms with van der Waals surface area (Å²) < 4.78 is 5.70. The van der Waals surface area contributed by atoms with E-state index < -0.39 is 0 Å². The monoisotopic (exact) mass is 441 g/mol. The van der Waals surface area contributed by atoms with Crippen LogP contribution >= 0.6 is 23.1 Å². The highest BCUT2D eigenvalue weighted by atomic mass is 32.2. The zero-order chi connectivity index (χ0) is 20.5. The van der Waals surface area contributed by atoms with Gasteiger partial charge in [-0.1, -0.05) is 42.4 Å². The molecule has 1 saturated heterocycles. The van der Waals surface area contributed by atoms with Crippen molar-refractivity contribution in [3.05, 3.63) is 0 Å². The Hall–Kier alpha value is -1.39. The van der Waals surface area contributed by atoms with Gasteiger partial charge in [-0.3, -0.25) is 9.59 Å². The molecule has 0 bridgehead atoms. The molecule has 1 aliphatic carbocycles. The van der Waals surface area contributed by atoms with Gasteiger partial charge in [-0.25, -0.2) is 0 Å². The Balaban J connectivity index is 1.38. The van der Waals surface area contributed by atoms with Gasteiger partial charge in [-0.2, -0.15) is 0 Å². The number of methoxy groups -OCH3 is 1. The third-order valence-corrected chi connectivity index (χ3v) is 7.56. The third-order valence-electron chi connectivity index (χ3n) is 5.44. The first-order valence-corrected chi connectivity index (χ1v) is 12.2. The van der Waals surface area contributed by atoms with Crippen molar-refractivity contribution in [3.8, 4) is 0 Å². The zero-order valence-corrected chi connectivity index (χ0v) is 18.7. The summed E-state index contributed by atoms with van der Waals surface area (Å²) in [5.41, 5.74) is 0. The molecular formula is C19H31N5O3S2. The number of carbonyl (C=O) groups is 2. The highest BCUT2D eigenvalue weighted by Gasteiger charge is 2.26. The quantitative estimate of drug-likeness (QED) is 0.463. The number of ether oxygens (including phenoxy) is 1. The maximum atomic E-state index is 12.6. The molecule has 10 heteroatoms. The van der Waals surface area contributed by atoms with Crippen molar-refractivity contribution in [1.82, 2.24) is 20.4 Å². The van der Waals surface area contributed by atoms with E-state index >= 15 is 0 Å². The SMILES string of the molecule is COCCNC(=O)CSc1nnc(N2CCN(C(=O)CC3CCCCC3)CC2)s1. The summed E-state index contributed by atoms with van der Waals surface area (Å²) in [6.07, 6.45) is 7.01. The molecule has 162 valence electrons. The van der Waals surface area contributed by atoms with Crippen LogP contribution in [0.1, 0.15) is 38.5 Å². The fourth-order valence-electron chi connectivity index (χ4n) is 3.77. The minimum Gasteiger partial charge on any atom is -0.383 e. The molecule has 29 heavy (non-hydrogen) atoms. The Morgan fingerprint density at radius 3 is 2.66 bits per heavy atom. The summed E-state index contributed by atoms with van der Waals surface area (Å²) in [7, 11) is 1.61. The van der Waals surface area contributed by atoms with Gasteiger partial charge in [0, 0.05) is 46.3 Å². The van der Waals surface area contributed by atoms with E-state index in [-0.39, 0.29) is 5.91 Å². The van der Waals surface area contributed by atoms with E-state index in [1.54, 1.807) is 7.11 Å². The van der Waals surface area contributed by atoms with E-state index in [1.807, 2.05) is 4.90 Å². The van der Waals surface area contributed by atoms with Crippen molar-refractivity contribution in [1.29, 1.82) is 0 Å². The number of nitrogens with zero attached hydrogens (tertiary/aromatic N) is 4. The molecule has 0 aromatic carbocycles. The molecular weight excluding hydrogens is 410 g/mol. The molecule has 1 N–H and O–H groups in total. The summed E-state index contributed by atoms with van der Waals surface area (Å²) in [5, 5.41) is 12.1. The number of amides is 2. The van der Waals surface area contributed by atoms with Crippen LogP contribution in [0.2, 0.25) is 0 Å². The molecule has 2 fully saturated rings.